The molecule has 4 nitrogen and oxygen atoms in total. The van der Waals surface area contributed by atoms with E-state index in [1.54, 1.807) is 16.8 Å². The summed E-state index contributed by atoms with van der Waals surface area (Å²) in [5.74, 6) is 0. The lowest BCUT2D eigenvalue weighted by molar-refractivity contribution is 0.573. The molecule has 0 aromatic carbocycles. The number of nitrogens with one attached hydrogen (secondary N) is 1. The van der Waals surface area contributed by atoms with Crippen LogP contribution >= 0.6 is 0 Å². The molecule has 0 aliphatic carbocycles. The van der Waals surface area contributed by atoms with Crippen LogP contribution in [0.15, 0.2) is 23.3 Å². The van der Waals surface area contributed by atoms with Crippen LogP contribution in [0, 0.1) is 0 Å². The Morgan fingerprint density at radius 1 is 1.54 bits per heavy atom. The lowest BCUT2D eigenvalue weighted by atomic mass is 10.4. The van der Waals surface area contributed by atoms with Gasteiger partial charge in [-0.25, -0.2) is 9.78 Å². The van der Waals surface area contributed by atoms with Gasteiger partial charge in [-0.15, -0.1) is 0 Å². The molecular formula is C9H15N3O. The first-order chi connectivity index (χ1) is 6.34. The maximum absolute atomic E-state index is 11.1. The van der Waals surface area contributed by atoms with Crippen molar-refractivity contribution in [3.8, 4) is 0 Å². The van der Waals surface area contributed by atoms with E-state index in [4.69, 9.17) is 0 Å². The van der Waals surface area contributed by atoms with Crippen molar-refractivity contribution in [3.63, 3.8) is 0 Å². The van der Waals surface area contributed by atoms with Crippen molar-refractivity contribution in [1.82, 2.24) is 14.9 Å². The first-order valence-electron chi connectivity index (χ1n) is 4.56. The molecule has 72 valence electrons. The van der Waals surface area contributed by atoms with Gasteiger partial charge >= 0.3 is 5.69 Å². The summed E-state index contributed by atoms with van der Waals surface area (Å²) >= 11 is 0. The van der Waals surface area contributed by atoms with Gasteiger partial charge in [0.25, 0.3) is 0 Å². The molecule has 1 N–H and O–H groups in total. The van der Waals surface area contributed by atoms with E-state index < -0.39 is 0 Å². The maximum Gasteiger partial charge on any atom is 0.347 e. The van der Waals surface area contributed by atoms with Crippen molar-refractivity contribution >= 4 is 0 Å². The third kappa shape index (κ3) is 3.38. The molecule has 0 spiro atoms. The summed E-state index contributed by atoms with van der Waals surface area (Å²) in [6, 6.07) is 1.77. The van der Waals surface area contributed by atoms with E-state index >= 15 is 0 Å². The van der Waals surface area contributed by atoms with Gasteiger partial charge < -0.3 is 5.32 Å². The molecule has 4 heteroatoms. The van der Waals surface area contributed by atoms with Crippen LogP contribution in [-0.2, 0) is 6.54 Å². The number of hydrogen-bond donors (Lipinski definition) is 1. The fraction of sp³-hybridized carbons (Fsp3) is 0.556. The van der Waals surface area contributed by atoms with E-state index in [-0.39, 0.29) is 5.69 Å². The molecule has 0 bridgehead atoms. The van der Waals surface area contributed by atoms with Crippen LogP contribution < -0.4 is 11.0 Å². The van der Waals surface area contributed by atoms with E-state index in [0.29, 0.717) is 6.54 Å². The highest BCUT2D eigenvalue weighted by Crippen LogP contribution is 1.78. The summed E-state index contributed by atoms with van der Waals surface area (Å²) in [5.41, 5.74) is -0.180. The lowest BCUT2D eigenvalue weighted by Crippen LogP contribution is -2.28. The van der Waals surface area contributed by atoms with E-state index in [2.05, 4.69) is 17.2 Å². The second kappa shape index (κ2) is 5.48. The van der Waals surface area contributed by atoms with Gasteiger partial charge in [0.05, 0.1) is 0 Å². The predicted octanol–water partition coefficient (Wildman–Crippen LogP) is 0.243. The Morgan fingerprint density at radius 2 is 2.38 bits per heavy atom. The molecule has 0 saturated carbocycles. The molecule has 13 heavy (non-hydrogen) atoms. The molecule has 1 heterocycles. The third-order valence-corrected chi connectivity index (χ3v) is 1.74. The topological polar surface area (TPSA) is 46.9 Å². The third-order valence-electron chi connectivity index (χ3n) is 1.74. The Hall–Kier alpha value is -1.16. The molecule has 0 amide bonds. The van der Waals surface area contributed by atoms with Crippen molar-refractivity contribution in [3.05, 3.63) is 28.9 Å². The van der Waals surface area contributed by atoms with Gasteiger partial charge in [-0.3, -0.25) is 4.57 Å². The highest BCUT2D eigenvalue weighted by Gasteiger charge is 1.92. The zero-order valence-electron chi connectivity index (χ0n) is 7.86. The van der Waals surface area contributed by atoms with E-state index in [1.165, 1.54) is 6.20 Å². The average Bonchev–Trinajstić information content (AvgIpc) is 2.15. The van der Waals surface area contributed by atoms with Crippen LogP contribution in [0.1, 0.15) is 13.3 Å². The second-order valence-corrected chi connectivity index (χ2v) is 2.85. The fourth-order valence-corrected chi connectivity index (χ4v) is 1.06. The number of rotatable bonds is 5. The zero-order valence-corrected chi connectivity index (χ0v) is 7.86. The molecule has 0 fully saturated rings. The molecule has 1 rings (SSSR count). The van der Waals surface area contributed by atoms with E-state index in [0.717, 1.165) is 19.5 Å². The smallest absolute Gasteiger partial charge is 0.315 e. The highest BCUT2D eigenvalue weighted by molar-refractivity contribution is 4.80. The summed E-state index contributed by atoms with van der Waals surface area (Å²) in [6.07, 6.45) is 4.38. The van der Waals surface area contributed by atoms with Gasteiger partial charge in [0, 0.05) is 25.5 Å². The minimum Gasteiger partial charge on any atom is -0.315 e. The van der Waals surface area contributed by atoms with Gasteiger partial charge in [-0.05, 0) is 19.0 Å². The number of nitrogens with zero attached hydrogens (tertiary/aromatic N) is 2. The monoisotopic (exact) mass is 181 g/mol. The fourth-order valence-electron chi connectivity index (χ4n) is 1.06. The van der Waals surface area contributed by atoms with Crippen molar-refractivity contribution in [2.24, 2.45) is 0 Å². The van der Waals surface area contributed by atoms with Gasteiger partial charge in [0.2, 0.25) is 0 Å². The van der Waals surface area contributed by atoms with Crippen LogP contribution in [0.4, 0.5) is 0 Å². The maximum atomic E-state index is 11.1. The number of hydrogen-bond acceptors (Lipinski definition) is 3. The van der Waals surface area contributed by atoms with Gasteiger partial charge in [-0.2, -0.15) is 0 Å². The van der Waals surface area contributed by atoms with Crippen molar-refractivity contribution in [1.29, 1.82) is 0 Å². The molecule has 1 aromatic rings. The molecular weight excluding hydrogens is 166 g/mol. The number of aromatic nitrogens is 2. The van der Waals surface area contributed by atoms with Crippen molar-refractivity contribution in [2.75, 3.05) is 13.1 Å². The van der Waals surface area contributed by atoms with Crippen molar-refractivity contribution in [2.45, 2.75) is 19.9 Å². The van der Waals surface area contributed by atoms with Crippen LogP contribution in [0.2, 0.25) is 0 Å². The Morgan fingerprint density at radius 3 is 3.08 bits per heavy atom. The SMILES string of the molecule is CCCNCCn1cccnc1=O. The van der Waals surface area contributed by atoms with Gasteiger partial charge in [0.1, 0.15) is 0 Å². The highest BCUT2D eigenvalue weighted by atomic mass is 16.1. The van der Waals surface area contributed by atoms with Gasteiger partial charge in [-0.1, -0.05) is 6.92 Å². The predicted molar refractivity (Wildman–Crippen MR) is 51.7 cm³/mol. The molecule has 0 aliphatic heterocycles. The summed E-state index contributed by atoms with van der Waals surface area (Å²) < 4.78 is 1.60. The first-order valence-corrected chi connectivity index (χ1v) is 4.56. The molecule has 0 unspecified atom stereocenters. The minimum atomic E-state index is -0.180. The zero-order chi connectivity index (χ0) is 9.52. The Kier molecular flexibility index (Phi) is 4.18. The largest absolute Gasteiger partial charge is 0.347 e. The van der Waals surface area contributed by atoms with E-state index in [9.17, 15) is 4.79 Å². The molecule has 0 atom stereocenters. The first kappa shape index (κ1) is 9.92. The van der Waals surface area contributed by atoms with E-state index in [1.807, 2.05) is 0 Å². The summed E-state index contributed by atoms with van der Waals surface area (Å²) in [7, 11) is 0. The molecule has 0 radical (unpaired) electrons. The second-order valence-electron chi connectivity index (χ2n) is 2.85. The van der Waals surface area contributed by atoms with Crippen LogP contribution in [-0.4, -0.2) is 22.6 Å². The normalized spacial score (nSPS) is 10.2. The van der Waals surface area contributed by atoms with Crippen LogP contribution in [0.25, 0.3) is 0 Å². The average molecular weight is 181 g/mol. The summed E-state index contributed by atoms with van der Waals surface area (Å²) in [4.78, 5) is 14.8. The minimum absolute atomic E-state index is 0.180. The van der Waals surface area contributed by atoms with Crippen molar-refractivity contribution < 1.29 is 0 Å². The quantitative estimate of drug-likeness (QED) is 0.662. The lowest BCUT2D eigenvalue weighted by Gasteiger charge is -2.04. The van der Waals surface area contributed by atoms with Gasteiger partial charge in [0.15, 0.2) is 0 Å². The summed E-state index contributed by atoms with van der Waals surface area (Å²) in [5, 5.41) is 3.22. The molecule has 1 aromatic heterocycles. The molecule has 0 saturated heterocycles. The summed E-state index contributed by atoms with van der Waals surface area (Å²) in [6.45, 7) is 4.62. The Bertz CT molecular complexity index is 295. The molecule has 0 aliphatic rings. The van der Waals surface area contributed by atoms with Crippen LogP contribution in [0.3, 0.4) is 0 Å². The van der Waals surface area contributed by atoms with Crippen LogP contribution in [0.5, 0.6) is 0 Å². The Balaban J connectivity index is 2.37. The Labute approximate surface area is 77.6 Å². The standard InChI is InChI=1S/C9H15N3O/c1-2-4-10-6-8-12-7-3-5-11-9(12)13/h3,5,7,10H,2,4,6,8H2,1H3.